The number of rotatable bonds is 7. The molecule has 0 saturated heterocycles. The maximum atomic E-state index is 12.7. The first-order chi connectivity index (χ1) is 14.5. The lowest BCUT2D eigenvalue weighted by Crippen LogP contribution is -2.30. The molecule has 8 nitrogen and oxygen atoms in total. The molecule has 2 heterocycles. The molecule has 0 radical (unpaired) electrons. The molecule has 0 aliphatic heterocycles. The molecule has 1 N–H and O–H groups in total. The number of ether oxygens (including phenoxy) is 1. The lowest BCUT2D eigenvalue weighted by Gasteiger charge is -2.15. The highest BCUT2D eigenvalue weighted by atomic mass is 32.2. The van der Waals surface area contributed by atoms with Crippen LogP contribution in [-0.4, -0.2) is 35.6 Å². The fourth-order valence-corrected chi connectivity index (χ4v) is 4.43. The van der Waals surface area contributed by atoms with Crippen LogP contribution >= 0.6 is 0 Å². The number of aromatic nitrogens is 3. The van der Waals surface area contributed by atoms with Crippen LogP contribution in [0.1, 0.15) is 39.3 Å². The van der Waals surface area contributed by atoms with E-state index in [0.29, 0.717) is 16.6 Å². The van der Waals surface area contributed by atoms with E-state index in [4.69, 9.17) is 0 Å². The molecule has 164 valence electrons. The van der Waals surface area contributed by atoms with Gasteiger partial charge in [-0.3, -0.25) is 0 Å². The van der Waals surface area contributed by atoms with Crippen molar-refractivity contribution in [3.05, 3.63) is 36.2 Å². The highest BCUT2D eigenvalue weighted by molar-refractivity contribution is 7.89. The highest BCUT2D eigenvalue weighted by Crippen LogP contribution is 2.36. The molecule has 0 spiro atoms. The Hall–Kier alpha value is -3.10. The van der Waals surface area contributed by atoms with Crippen LogP contribution in [0.2, 0.25) is 0 Å². The van der Waals surface area contributed by atoms with Crippen LogP contribution in [-0.2, 0) is 10.0 Å². The topological polar surface area (TPSA) is 110 Å². The average molecular weight is 449 g/mol. The van der Waals surface area contributed by atoms with Crippen molar-refractivity contribution in [3.63, 3.8) is 0 Å². The Labute approximate surface area is 178 Å². The molecule has 0 saturated carbocycles. The van der Waals surface area contributed by atoms with Gasteiger partial charge in [-0.1, -0.05) is 0 Å². The van der Waals surface area contributed by atoms with Gasteiger partial charge in [-0.25, -0.2) is 23.1 Å². The third-order valence-corrected chi connectivity index (χ3v) is 5.98. The number of benzene rings is 1. The minimum atomic E-state index is -3.78. The van der Waals surface area contributed by atoms with Crippen LogP contribution in [0.4, 0.5) is 8.78 Å². The van der Waals surface area contributed by atoms with Crippen LogP contribution in [0.15, 0.2) is 35.5 Å². The van der Waals surface area contributed by atoms with E-state index in [9.17, 15) is 22.5 Å². The van der Waals surface area contributed by atoms with E-state index in [2.05, 4.69) is 25.5 Å². The van der Waals surface area contributed by atoms with Gasteiger partial charge in [0.15, 0.2) is 5.82 Å². The Kier molecular flexibility index (Phi) is 6.24. The quantitative estimate of drug-likeness (QED) is 0.587. The molecular formula is C20H21F2N5O3S. The maximum Gasteiger partial charge on any atom is 0.387 e. The normalized spacial score (nSPS) is 12.1. The molecule has 0 aliphatic rings. The van der Waals surface area contributed by atoms with Crippen molar-refractivity contribution in [3.8, 4) is 23.3 Å². The SMILES string of the molecule is CC(C)NS(=O)(=O)c1cnc(-c2c(C#N)c3ccc(OC(F)F)cc3n2C(C)C)nc1. The summed E-state index contributed by atoms with van der Waals surface area (Å²) >= 11 is 0. The zero-order valence-electron chi connectivity index (χ0n) is 17.3. The summed E-state index contributed by atoms with van der Waals surface area (Å²) in [5.41, 5.74) is 1.12. The molecular weight excluding hydrogens is 428 g/mol. The van der Waals surface area contributed by atoms with Gasteiger partial charge in [-0.2, -0.15) is 14.0 Å². The average Bonchev–Trinajstić information content (AvgIpc) is 3.00. The zero-order valence-corrected chi connectivity index (χ0v) is 18.1. The third kappa shape index (κ3) is 4.50. The first-order valence-corrected chi connectivity index (χ1v) is 10.9. The third-order valence-electron chi connectivity index (χ3n) is 4.37. The van der Waals surface area contributed by atoms with Gasteiger partial charge >= 0.3 is 6.61 Å². The molecule has 3 aromatic rings. The monoisotopic (exact) mass is 449 g/mol. The van der Waals surface area contributed by atoms with Gasteiger partial charge in [-0.15, -0.1) is 0 Å². The number of nitriles is 1. The standard InChI is InChI=1S/C20H21F2N5O3S/c1-11(2)26-31(28,29)14-9-24-19(25-10-14)18-16(8-23)15-6-5-13(30-20(21)22)7-17(15)27(18)12(3)4/h5-7,9-12,20,26H,1-4H3. The van der Waals surface area contributed by atoms with E-state index in [1.165, 1.54) is 30.6 Å². The van der Waals surface area contributed by atoms with Gasteiger partial charge < -0.3 is 9.30 Å². The van der Waals surface area contributed by atoms with Crippen LogP contribution in [0.3, 0.4) is 0 Å². The number of halogens is 2. The number of hydrogen-bond donors (Lipinski definition) is 1. The second-order valence-electron chi connectivity index (χ2n) is 7.37. The molecule has 3 rings (SSSR count). The van der Waals surface area contributed by atoms with Crippen LogP contribution in [0, 0.1) is 11.3 Å². The second kappa shape index (κ2) is 8.56. The maximum absolute atomic E-state index is 12.7. The molecule has 0 atom stereocenters. The van der Waals surface area contributed by atoms with E-state index >= 15 is 0 Å². The van der Waals surface area contributed by atoms with Gasteiger partial charge in [0, 0.05) is 23.5 Å². The zero-order chi connectivity index (χ0) is 22.9. The van der Waals surface area contributed by atoms with Crippen molar-refractivity contribution in [1.29, 1.82) is 5.26 Å². The first-order valence-electron chi connectivity index (χ1n) is 9.42. The van der Waals surface area contributed by atoms with Gasteiger partial charge in [-0.05, 0) is 39.8 Å². The van der Waals surface area contributed by atoms with Gasteiger partial charge in [0.1, 0.15) is 22.4 Å². The predicted molar refractivity (Wildman–Crippen MR) is 110 cm³/mol. The van der Waals surface area contributed by atoms with E-state index in [0.717, 1.165) is 0 Å². The summed E-state index contributed by atoms with van der Waals surface area (Å²) in [4.78, 5) is 8.27. The summed E-state index contributed by atoms with van der Waals surface area (Å²) in [6.07, 6.45) is 2.34. The Balaban J connectivity index is 2.19. The Bertz CT molecular complexity index is 1250. The predicted octanol–water partition coefficient (Wildman–Crippen LogP) is 3.84. The molecule has 11 heteroatoms. The summed E-state index contributed by atoms with van der Waals surface area (Å²) < 4.78 is 58.7. The van der Waals surface area contributed by atoms with E-state index in [1.807, 2.05) is 13.8 Å². The van der Waals surface area contributed by atoms with E-state index in [1.54, 1.807) is 18.4 Å². The minimum Gasteiger partial charge on any atom is -0.435 e. The largest absolute Gasteiger partial charge is 0.435 e. The van der Waals surface area contributed by atoms with Crippen molar-refractivity contribution in [2.24, 2.45) is 0 Å². The first kappa shape index (κ1) is 22.6. The second-order valence-corrected chi connectivity index (χ2v) is 9.09. The summed E-state index contributed by atoms with van der Waals surface area (Å²) in [6.45, 7) is 4.12. The molecule has 0 fully saturated rings. The molecule has 0 amide bonds. The summed E-state index contributed by atoms with van der Waals surface area (Å²) in [5.74, 6) is 0.0985. The summed E-state index contributed by atoms with van der Waals surface area (Å²) in [7, 11) is -3.78. The van der Waals surface area contributed by atoms with E-state index < -0.39 is 16.6 Å². The molecule has 2 aromatic heterocycles. The summed E-state index contributed by atoms with van der Waals surface area (Å²) in [6, 6.07) is 5.95. The highest BCUT2D eigenvalue weighted by Gasteiger charge is 2.24. The number of alkyl halides is 2. The molecule has 0 aliphatic carbocycles. The van der Waals surface area contributed by atoms with Gasteiger partial charge in [0.05, 0.1) is 23.5 Å². The molecule has 31 heavy (non-hydrogen) atoms. The fraction of sp³-hybridized carbons (Fsp3) is 0.350. The Morgan fingerprint density at radius 2 is 1.81 bits per heavy atom. The molecule has 0 bridgehead atoms. The van der Waals surface area contributed by atoms with Crippen molar-refractivity contribution in [2.75, 3.05) is 0 Å². The molecule has 0 unspecified atom stereocenters. The number of nitrogens with zero attached hydrogens (tertiary/aromatic N) is 4. The van der Waals surface area contributed by atoms with Crippen LogP contribution in [0.5, 0.6) is 5.75 Å². The number of nitrogens with one attached hydrogen (secondary N) is 1. The summed E-state index contributed by atoms with van der Waals surface area (Å²) in [5, 5.41) is 10.3. The fourth-order valence-electron chi connectivity index (χ4n) is 3.29. The lowest BCUT2D eigenvalue weighted by molar-refractivity contribution is -0.0497. The minimum absolute atomic E-state index is 0.0416. The van der Waals surface area contributed by atoms with Crippen LogP contribution < -0.4 is 9.46 Å². The smallest absolute Gasteiger partial charge is 0.387 e. The number of hydrogen-bond acceptors (Lipinski definition) is 6. The van der Waals surface area contributed by atoms with Crippen molar-refractivity contribution < 1.29 is 21.9 Å². The molecule has 1 aromatic carbocycles. The number of fused-ring (bicyclic) bond motifs is 1. The van der Waals surface area contributed by atoms with Crippen molar-refractivity contribution in [2.45, 2.75) is 51.3 Å². The van der Waals surface area contributed by atoms with Crippen molar-refractivity contribution in [1.82, 2.24) is 19.3 Å². The Morgan fingerprint density at radius 1 is 1.16 bits per heavy atom. The van der Waals surface area contributed by atoms with Gasteiger partial charge in [0.2, 0.25) is 10.0 Å². The lowest BCUT2D eigenvalue weighted by atomic mass is 10.1. The number of sulfonamides is 1. The van der Waals surface area contributed by atoms with E-state index in [-0.39, 0.29) is 34.1 Å². The Morgan fingerprint density at radius 3 is 2.32 bits per heavy atom. The van der Waals surface area contributed by atoms with Crippen LogP contribution in [0.25, 0.3) is 22.4 Å². The van der Waals surface area contributed by atoms with Crippen molar-refractivity contribution >= 4 is 20.9 Å². The van der Waals surface area contributed by atoms with Gasteiger partial charge in [0.25, 0.3) is 0 Å².